The van der Waals surface area contributed by atoms with Crippen LogP contribution in [0.25, 0.3) is 0 Å². The summed E-state index contributed by atoms with van der Waals surface area (Å²) in [4.78, 5) is 12.9. The van der Waals surface area contributed by atoms with Crippen molar-refractivity contribution in [1.29, 1.82) is 0 Å². The third kappa shape index (κ3) is 2.66. The van der Waals surface area contributed by atoms with Crippen molar-refractivity contribution in [3.05, 3.63) is 36.2 Å². The minimum atomic E-state index is -3.71. The van der Waals surface area contributed by atoms with E-state index in [0.29, 0.717) is 0 Å². The van der Waals surface area contributed by atoms with Crippen molar-refractivity contribution in [1.82, 2.24) is 19.3 Å². The number of benzene rings is 1. The molecule has 2 aromatic rings. The molecule has 1 fully saturated rings. The van der Waals surface area contributed by atoms with E-state index in [1.807, 2.05) is 0 Å². The smallest absolute Gasteiger partial charge is 0.252 e. The summed E-state index contributed by atoms with van der Waals surface area (Å²) in [6.45, 7) is 0.546. The molecule has 0 bridgehead atoms. The summed E-state index contributed by atoms with van der Waals surface area (Å²) in [5.74, 6) is -0.514. The predicted octanol–water partition coefficient (Wildman–Crippen LogP) is -0.369. The second kappa shape index (κ2) is 5.63. The molecule has 1 saturated heterocycles. The van der Waals surface area contributed by atoms with Gasteiger partial charge in [-0.3, -0.25) is 4.79 Å². The van der Waals surface area contributed by atoms with E-state index in [1.165, 1.54) is 34.4 Å². The molecule has 122 valence electrons. The van der Waals surface area contributed by atoms with Gasteiger partial charge in [-0.2, -0.15) is 19.3 Å². The van der Waals surface area contributed by atoms with E-state index in [4.69, 9.17) is 10.5 Å². The second-order valence-corrected chi connectivity index (χ2v) is 6.99. The van der Waals surface area contributed by atoms with Gasteiger partial charge in [-0.05, 0) is 18.2 Å². The van der Waals surface area contributed by atoms with Gasteiger partial charge in [-0.1, -0.05) is 0 Å². The van der Waals surface area contributed by atoms with Gasteiger partial charge in [0.2, 0.25) is 10.0 Å². The Kier molecular flexibility index (Phi) is 3.78. The van der Waals surface area contributed by atoms with Crippen LogP contribution in [-0.2, 0) is 10.0 Å². The quantitative estimate of drug-likeness (QED) is 0.795. The molecule has 23 heavy (non-hydrogen) atoms. The van der Waals surface area contributed by atoms with E-state index in [2.05, 4.69) is 10.2 Å². The van der Waals surface area contributed by atoms with E-state index in [-0.39, 0.29) is 35.3 Å². The number of methoxy groups -OCH3 is 1. The third-order valence-electron chi connectivity index (χ3n) is 3.67. The minimum absolute atomic E-state index is 0.000950. The summed E-state index contributed by atoms with van der Waals surface area (Å²) in [6.07, 6.45) is 3.08. The number of ether oxygens (including phenoxy) is 1. The zero-order valence-corrected chi connectivity index (χ0v) is 13.1. The molecule has 9 nitrogen and oxygen atoms in total. The Balaban J connectivity index is 1.84. The number of primary amides is 1. The molecule has 0 atom stereocenters. The molecule has 2 N–H and O–H groups in total. The van der Waals surface area contributed by atoms with Crippen LogP contribution in [0.4, 0.5) is 0 Å². The molecule has 3 rings (SSSR count). The molecular formula is C13H15N5O4S. The highest BCUT2D eigenvalue weighted by Gasteiger charge is 2.39. The van der Waals surface area contributed by atoms with Crippen LogP contribution in [0.3, 0.4) is 0 Å². The molecule has 1 aromatic heterocycles. The number of hydrogen-bond donors (Lipinski definition) is 1. The lowest BCUT2D eigenvalue weighted by Gasteiger charge is -2.37. The van der Waals surface area contributed by atoms with Crippen LogP contribution in [0.2, 0.25) is 0 Å². The number of aromatic nitrogens is 3. The van der Waals surface area contributed by atoms with E-state index in [1.54, 1.807) is 12.4 Å². The normalized spacial score (nSPS) is 16.0. The molecule has 0 saturated carbocycles. The van der Waals surface area contributed by atoms with Crippen LogP contribution in [0.1, 0.15) is 16.4 Å². The van der Waals surface area contributed by atoms with Crippen molar-refractivity contribution >= 4 is 15.9 Å². The van der Waals surface area contributed by atoms with Gasteiger partial charge in [0.25, 0.3) is 5.91 Å². The number of sulfonamides is 1. The largest absolute Gasteiger partial charge is 0.496 e. The molecule has 0 unspecified atom stereocenters. The van der Waals surface area contributed by atoms with Crippen molar-refractivity contribution in [3.8, 4) is 5.75 Å². The second-order valence-electron chi connectivity index (χ2n) is 5.05. The fourth-order valence-electron chi connectivity index (χ4n) is 2.36. The number of carbonyl (C=O) groups is 1. The van der Waals surface area contributed by atoms with Gasteiger partial charge in [-0.15, -0.1) is 0 Å². The van der Waals surface area contributed by atoms with Crippen LogP contribution in [0.15, 0.2) is 35.5 Å². The van der Waals surface area contributed by atoms with Crippen molar-refractivity contribution in [2.45, 2.75) is 10.9 Å². The van der Waals surface area contributed by atoms with Crippen LogP contribution in [0.5, 0.6) is 5.75 Å². The monoisotopic (exact) mass is 337 g/mol. The highest BCUT2D eigenvalue weighted by atomic mass is 32.2. The number of hydrogen-bond acceptors (Lipinski definition) is 6. The molecule has 0 radical (unpaired) electrons. The highest BCUT2D eigenvalue weighted by Crippen LogP contribution is 2.29. The summed E-state index contributed by atoms with van der Waals surface area (Å²) in [5, 5.41) is 7.99. The maximum absolute atomic E-state index is 12.6. The summed E-state index contributed by atoms with van der Waals surface area (Å²) in [6, 6.07) is 3.95. The van der Waals surface area contributed by atoms with E-state index in [9.17, 15) is 13.2 Å². The third-order valence-corrected chi connectivity index (χ3v) is 5.49. The number of carbonyl (C=O) groups excluding carboxylic acids is 1. The Morgan fingerprint density at radius 3 is 2.52 bits per heavy atom. The van der Waals surface area contributed by atoms with Crippen molar-refractivity contribution < 1.29 is 17.9 Å². The molecule has 10 heteroatoms. The average molecular weight is 337 g/mol. The Morgan fingerprint density at radius 1 is 1.30 bits per heavy atom. The predicted molar refractivity (Wildman–Crippen MR) is 79.3 cm³/mol. The number of amides is 1. The molecule has 0 spiro atoms. The maximum Gasteiger partial charge on any atom is 0.252 e. The van der Waals surface area contributed by atoms with Gasteiger partial charge in [-0.25, -0.2) is 8.42 Å². The van der Waals surface area contributed by atoms with Gasteiger partial charge in [0.05, 0.1) is 36.0 Å². The van der Waals surface area contributed by atoms with Crippen LogP contribution in [-0.4, -0.2) is 53.8 Å². The first-order valence-electron chi connectivity index (χ1n) is 6.77. The van der Waals surface area contributed by atoms with Crippen LogP contribution < -0.4 is 10.5 Å². The lowest BCUT2D eigenvalue weighted by atomic mass is 10.2. The van der Waals surface area contributed by atoms with E-state index < -0.39 is 15.9 Å². The minimum Gasteiger partial charge on any atom is -0.496 e. The lowest BCUT2D eigenvalue weighted by molar-refractivity contribution is 0.0997. The zero-order chi connectivity index (χ0) is 16.6. The van der Waals surface area contributed by atoms with Crippen LogP contribution in [0, 0.1) is 0 Å². The standard InChI is InChI=1S/C13H15N5O4S/c1-22-12-3-2-10(6-11(12)13(14)19)23(20,21)17-7-9(8-17)18-15-4-5-16-18/h2-6,9H,7-8H2,1H3,(H2,14,19). The van der Waals surface area contributed by atoms with E-state index >= 15 is 0 Å². The summed E-state index contributed by atoms with van der Waals surface area (Å²) < 4.78 is 31.5. The van der Waals surface area contributed by atoms with Gasteiger partial charge < -0.3 is 10.5 Å². The molecule has 1 aliphatic heterocycles. The summed E-state index contributed by atoms with van der Waals surface area (Å²) in [7, 11) is -2.32. The fraction of sp³-hybridized carbons (Fsp3) is 0.308. The van der Waals surface area contributed by atoms with Crippen molar-refractivity contribution in [3.63, 3.8) is 0 Å². The van der Waals surface area contributed by atoms with Crippen molar-refractivity contribution in [2.24, 2.45) is 5.73 Å². The Hall–Kier alpha value is -2.46. The molecule has 0 aliphatic carbocycles. The fourth-order valence-corrected chi connectivity index (χ4v) is 3.90. The molecular weight excluding hydrogens is 322 g/mol. The van der Waals surface area contributed by atoms with E-state index in [0.717, 1.165) is 0 Å². The number of nitrogens with two attached hydrogens (primary N) is 1. The maximum atomic E-state index is 12.6. The lowest BCUT2D eigenvalue weighted by Crippen LogP contribution is -2.51. The molecule has 2 heterocycles. The summed E-state index contributed by atoms with van der Waals surface area (Å²) >= 11 is 0. The summed E-state index contributed by atoms with van der Waals surface area (Å²) in [5.41, 5.74) is 5.29. The average Bonchev–Trinajstić information content (AvgIpc) is 2.98. The number of nitrogens with zero attached hydrogens (tertiary/aromatic N) is 4. The van der Waals surface area contributed by atoms with Crippen LogP contribution >= 0.6 is 0 Å². The number of rotatable bonds is 5. The van der Waals surface area contributed by atoms with Gasteiger partial charge in [0, 0.05) is 13.1 Å². The zero-order valence-electron chi connectivity index (χ0n) is 12.3. The van der Waals surface area contributed by atoms with Gasteiger partial charge in [0.15, 0.2) is 0 Å². The Morgan fingerprint density at radius 2 is 1.96 bits per heavy atom. The molecule has 1 aromatic carbocycles. The highest BCUT2D eigenvalue weighted by molar-refractivity contribution is 7.89. The first kappa shape index (κ1) is 15.4. The van der Waals surface area contributed by atoms with Gasteiger partial charge >= 0.3 is 0 Å². The SMILES string of the molecule is COc1ccc(S(=O)(=O)N2CC(n3nccn3)C2)cc1C(N)=O. The topological polar surface area (TPSA) is 120 Å². The Bertz CT molecular complexity index is 828. The Labute approximate surface area is 132 Å². The first-order valence-corrected chi connectivity index (χ1v) is 8.21. The molecule has 1 aliphatic rings. The first-order chi connectivity index (χ1) is 10.9. The van der Waals surface area contributed by atoms with Gasteiger partial charge in [0.1, 0.15) is 5.75 Å². The van der Waals surface area contributed by atoms with Crippen molar-refractivity contribution in [2.75, 3.05) is 20.2 Å². The molecule has 1 amide bonds.